The molecule has 0 heterocycles. The fourth-order valence-electron chi connectivity index (χ4n) is 1.37. The molecular formula is C11H22N4O3. The lowest BCUT2D eigenvalue weighted by atomic mass is 10.1. The average molecular weight is 258 g/mol. The average Bonchev–Trinajstić information content (AvgIpc) is 2.32. The van der Waals surface area contributed by atoms with Gasteiger partial charge in [-0.05, 0) is 27.7 Å². The molecule has 104 valence electrons. The number of nitrogens with one attached hydrogen (secondary N) is 1. The number of hydrogen-bond acceptors (Lipinski definition) is 4. The summed E-state index contributed by atoms with van der Waals surface area (Å²) in [4.78, 5) is 24.9. The number of amidine groups is 1. The first kappa shape index (κ1) is 16.2. The summed E-state index contributed by atoms with van der Waals surface area (Å²) in [5.74, 6) is -1.48. The van der Waals surface area contributed by atoms with Crippen molar-refractivity contribution in [3.05, 3.63) is 0 Å². The Morgan fingerprint density at radius 3 is 2.33 bits per heavy atom. The fourth-order valence-corrected chi connectivity index (χ4v) is 1.37. The zero-order valence-electron chi connectivity index (χ0n) is 11.3. The van der Waals surface area contributed by atoms with Gasteiger partial charge in [-0.1, -0.05) is 5.16 Å². The van der Waals surface area contributed by atoms with Crippen LogP contribution >= 0.6 is 0 Å². The Balaban J connectivity index is 4.59. The van der Waals surface area contributed by atoms with Gasteiger partial charge >= 0.3 is 0 Å². The van der Waals surface area contributed by atoms with Gasteiger partial charge in [0, 0.05) is 12.6 Å². The summed E-state index contributed by atoms with van der Waals surface area (Å²) in [6.45, 7) is 7.33. The molecule has 0 rings (SSSR count). The Morgan fingerprint density at radius 1 is 1.39 bits per heavy atom. The first-order valence-corrected chi connectivity index (χ1v) is 5.89. The molecule has 4 N–H and O–H groups in total. The van der Waals surface area contributed by atoms with Crippen molar-refractivity contribution in [1.82, 2.24) is 10.2 Å². The molecule has 0 aromatic rings. The number of oxime groups is 1. The predicted molar refractivity (Wildman–Crippen MR) is 68.1 cm³/mol. The monoisotopic (exact) mass is 258 g/mol. The van der Waals surface area contributed by atoms with Gasteiger partial charge in [-0.3, -0.25) is 9.59 Å². The maximum atomic E-state index is 12.0. The van der Waals surface area contributed by atoms with Gasteiger partial charge in [-0.25, -0.2) is 0 Å². The third-order valence-electron chi connectivity index (χ3n) is 2.41. The van der Waals surface area contributed by atoms with Crippen LogP contribution in [0.3, 0.4) is 0 Å². The smallest absolute Gasteiger partial charge is 0.239 e. The minimum Gasteiger partial charge on any atom is -0.409 e. The molecule has 0 aliphatic rings. The van der Waals surface area contributed by atoms with Crippen molar-refractivity contribution >= 4 is 17.6 Å². The number of rotatable bonds is 6. The molecule has 1 unspecified atom stereocenters. The topological polar surface area (TPSA) is 108 Å². The minimum atomic E-state index is -0.748. The molecule has 1 atom stereocenters. The van der Waals surface area contributed by atoms with E-state index in [1.165, 1.54) is 11.8 Å². The number of carbonyl (C=O) groups excluding carboxylic acids is 2. The Morgan fingerprint density at radius 2 is 1.94 bits per heavy atom. The van der Waals surface area contributed by atoms with Crippen LogP contribution < -0.4 is 11.1 Å². The molecule has 0 bridgehead atoms. The summed E-state index contributed by atoms with van der Waals surface area (Å²) in [5, 5.41) is 14.0. The number of hydrogen-bond donors (Lipinski definition) is 3. The van der Waals surface area contributed by atoms with E-state index in [1.807, 2.05) is 13.8 Å². The highest BCUT2D eigenvalue weighted by atomic mass is 16.4. The van der Waals surface area contributed by atoms with E-state index in [0.717, 1.165) is 0 Å². The van der Waals surface area contributed by atoms with Crippen LogP contribution in [0.25, 0.3) is 0 Å². The molecule has 0 radical (unpaired) electrons. The molecule has 2 amide bonds. The highest BCUT2D eigenvalue weighted by Gasteiger charge is 2.24. The Bertz CT molecular complexity index is 328. The van der Waals surface area contributed by atoms with Crippen LogP contribution in [0.2, 0.25) is 0 Å². The number of nitrogens with two attached hydrogens (primary N) is 1. The standard InChI is InChI=1S/C11H22N4O3/c1-5-15(6-9(16)13-7(2)3)11(17)8(4)10(12)14-18/h7-8,18H,5-6H2,1-4H3,(H2,12,14)(H,13,16). The number of likely N-dealkylation sites (N-methyl/N-ethyl adjacent to an activating group) is 1. The van der Waals surface area contributed by atoms with Gasteiger partial charge in [0.25, 0.3) is 0 Å². The summed E-state index contributed by atoms with van der Waals surface area (Å²) in [7, 11) is 0. The van der Waals surface area contributed by atoms with Gasteiger partial charge in [-0.15, -0.1) is 0 Å². The van der Waals surface area contributed by atoms with E-state index in [4.69, 9.17) is 10.9 Å². The van der Waals surface area contributed by atoms with Crippen molar-refractivity contribution in [1.29, 1.82) is 0 Å². The van der Waals surface area contributed by atoms with E-state index < -0.39 is 5.92 Å². The normalized spacial score (nSPS) is 13.3. The minimum absolute atomic E-state index is 0.0211. The summed E-state index contributed by atoms with van der Waals surface area (Å²) < 4.78 is 0. The Hall–Kier alpha value is -1.79. The molecule has 0 saturated heterocycles. The molecule has 18 heavy (non-hydrogen) atoms. The van der Waals surface area contributed by atoms with Crippen LogP contribution in [0, 0.1) is 5.92 Å². The Kier molecular flexibility index (Phi) is 6.77. The van der Waals surface area contributed by atoms with Crippen LogP contribution in [-0.2, 0) is 9.59 Å². The van der Waals surface area contributed by atoms with E-state index in [9.17, 15) is 9.59 Å². The third kappa shape index (κ3) is 5.03. The van der Waals surface area contributed by atoms with Crippen LogP contribution in [0.4, 0.5) is 0 Å². The van der Waals surface area contributed by atoms with Crippen molar-refractivity contribution in [2.24, 2.45) is 16.8 Å². The first-order chi connectivity index (χ1) is 8.33. The summed E-state index contributed by atoms with van der Waals surface area (Å²) in [6, 6.07) is 0.0211. The van der Waals surface area contributed by atoms with Crippen LogP contribution in [0.15, 0.2) is 5.16 Å². The third-order valence-corrected chi connectivity index (χ3v) is 2.41. The van der Waals surface area contributed by atoms with Crippen molar-refractivity contribution in [3.8, 4) is 0 Å². The number of nitrogens with zero attached hydrogens (tertiary/aromatic N) is 2. The molecule has 0 aromatic heterocycles. The van der Waals surface area contributed by atoms with Crippen molar-refractivity contribution < 1.29 is 14.8 Å². The van der Waals surface area contributed by atoms with E-state index in [-0.39, 0.29) is 30.2 Å². The quantitative estimate of drug-likeness (QED) is 0.264. The lowest BCUT2D eigenvalue weighted by Gasteiger charge is -2.23. The molecule has 0 spiro atoms. The second kappa shape index (κ2) is 7.52. The van der Waals surface area contributed by atoms with E-state index in [0.29, 0.717) is 6.54 Å². The maximum Gasteiger partial charge on any atom is 0.239 e. The van der Waals surface area contributed by atoms with Crippen LogP contribution in [0.5, 0.6) is 0 Å². The highest BCUT2D eigenvalue weighted by Crippen LogP contribution is 2.03. The second-order valence-electron chi connectivity index (χ2n) is 4.32. The molecule has 0 fully saturated rings. The van der Waals surface area contributed by atoms with Gasteiger partial charge in [0.15, 0.2) is 5.84 Å². The summed E-state index contributed by atoms with van der Waals surface area (Å²) in [6.07, 6.45) is 0. The van der Waals surface area contributed by atoms with Crippen LogP contribution in [0.1, 0.15) is 27.7 Å². The molecule has 0 aliphatic heterocycles. The molecule has 0 saturated carbocycles. The second-order valence-corrected chi connectivity index (χ2v) is 4.32. The van der Waals surface area contributed by atoms with Gasteiger partial charge in [-0.2, -0.15) is 0 Å². The van der Waals surface area contributed by atoms with E-state index in [1.54, 1.807) is 6.92 Å². The molecular weight excluding hydrogens is 236 g/mol. The first-order valence-electron chi connectivity index (χ1n) is 5.89. The summed E-state index contributed by atoms with van der Waals surface area (Å²) in [5.41, 5.74) is 5.37. The van der Waals surface area contributed by atoms with Gasteiger partial charge in [0.1, 0.15) is 0 Å². The highest BCUT2D eigenvalue weighted by molar-refractivity contribution is 6.02. The lowest BCUT2D eigenvalue weighted by Crippen LogP contribution is -2.46. The zero-order chi connectivity index (χ0) is 14.3. The predicted octanol–water partition coefficient (Wildman–Crippen LogP) is -0.258. The van der Waals surface area contributed by atoms with Crippen molar-refractivity contribution in [3.63, 3.8) is 0 Å². The lowest BCUT2D eigenvalue weighted by molar-refractivity contribution is -0.137. The van der Waals surface area contributed by atoms with Gasteiger partial charge in [0.05, 0.1) is 12.5 Å². The van der Waals surface area contributed by atoms with E-state index >= 15 is 0 Å². The van der Waals surface area contributed by atoms with Crippen molar-refractivity contribution in [2.45, 2.75) is 33.7 Å². The number of carbonyl (C=O) groups is 2. The van der Waals surface area contributed by atoms with Crippen LogP contribution in [-0.4, -0.2) is 46.9 Å². The number of amides is 2. The van der Waals surface area contributed by atoms with Gasteiger partial charge in [0.2, 0.25) is 11.8 Å². The Labute approximate surface area is 107 Å². The van der Waals surface area contributed by atoms with Gasteiger partial charge < -0.3 is 21.2 Å². The maximum absolute atomic E-state index is 12.0. The molecule has 0 aliphatic carbocycles. The summed E-state index contributed by atoms with van der Waals surface area (Å²) >= 11 is 0. The fraction of sp³-hybridized carbons (Fsp3) is 0.727. The van der Waals surface area contributed by atoms with E-state index in [2.05, 4.69) is 10.5 Å². The largest absolute Gasteiger partial charge is 0.409 e. The molecule has 0 aromatic carbocycles. The molecule has 7 heteroatoms. The van der Waals surface area contributed by atoms with Crippen molar-refractivity contribution in [2.75, 3.05) is 13.1 Å². The SMILES string of the molecule is CCN(CC(=O)NC(C)C)C(=O)C(C)C(N)=NO. The molecule has 7 nitrogen and oxygen atoms in total. The zero-order valence-corrected chi connectivity index (χ0v) is 11.3.